The summed E-state index contributed by atoms with van der Waals surface area (Å²) < 4.78 is 27.6. The quantitative estimate of drug-likeness (QED) is 0.593. The van der Waals surface area contributed by atoms with Crippen molar-refractivity contribution in [3.05, 3.63) is 59.7 Å². The van der Waals surface area contributed by atoms with Gasteiger partial charge in [-0.15, -0.1) is 0 Å². The number of anilines is 1. The third-order valence-corrected chi connectivity index (χ3v) is 7.02. The molecular formula is C24H31N3O4S. The fourth-order valence-electron chi connectivity index (χ4n) is 3.70. The summed E-state index contributed by atoms with van der Waals surface area (Å²) in [6, 6.07) is 13.0. The first-order valence-electron chi connectivity index (χ1n) is 11.1. The van der Waals surface area contributed by atoms with Crippen LogP contribution in [0.2, 0.25) is 0 Å². The molecule has 172 valence electrons. The lowest BCUT2D eigenvalue weighted by Gasteiger charge is -2.32. The minimum Gasteiger partial charge on any atom is -0.356 e. The second-order valence-corrected chi connectivity index (χ2v) is 9.91. The summed E-state index contributed by atoms with van der Waals surface area (Å²) in [7, 11) is -3.70. The molecule has 3 rings (SSSR count). The molecule has 32 heavy (non-hydrogen) atoms. The van der Waals surface area contributed by atoms with E-state index in [-0.39, 0.29) is 22.6 Å². The fraction of sp³-hybridized carbons (Fsp3) is 0.417. The molecule has 8 heteroatoms. The Morgan fingerprint density at radius 1 is 1.06 bits per heavy atom. The Morgan fingerprint density at radius 2 is 1.75 bits per heavy atom. The van der Waals surface area contributed by atoms with Gasteiger partial charge in [0.1, 0.15) is 0 Å². The number of likely N-dealkylation sites (tertiary alicyclic amines) is 1. The molecule has 2 N–H and O–H groups in total. The maximum atomic E-state index is 12.9. The van der Waals surface area contributed by atoms with Gasteiger partial charge in [-0.3, -0.25) is 14.3 Å². The van der Waals surface area contributed by atoms with Gasteiger partial charge >= 0.3 is 0 Å². The lowest BCUT2D eigenvalue weighted by molar-refractivity contribution is -0.126. The molecule has 0 radical (unpaired) electrons. The van der Waals surface area contributed by atoms with Crippen LogP contribution in [0.1, 0.15) is 48.5 Å². The lowest BCUT2D eigenvalue weighted by atomic mass is 9.96. The van der Waals surface area contributed by atoms with Gasteiger partial charge in [-0.05, 0) is 62.6 Å². The highest BCUT2D eigenvalue weighted by molar-refractivity contribution is 7.92. The van der Waals surface area contributed by atoms with Crippen molar-refractivity contribution < 1.29 is 18.0 Å². The van der Waals surface area contributed by atoms with Crippen molar-refractivity contribution in [3.8, 4) is 0 Å². The van der Waals surface area contributed by atoms with Gasteiger partial charge in [0.25, 0.3) is 15.9 Å². The van der Waals surface area contributed by atoms with Gasteiger partial charge in [0.15, 0.2) is 0 Å². The smallest absolute Gasteiger partial charge is 0.261 e. The average Bonchev–Trinajstić information content (AvgIpc) is 2.79. The molecule has 7 nitrogen and oxygen atoms in total. The summed E-state index contributed by atoms with van der Waals surface area (Å²) in [5.74, 6) is -0.328. The molecule has 0 saturated carbocycles. The van der Waals surface area contributed by atoms with Crippen LogP contribution in [0.25, 0.3) is 0 Å². The second-order valence-electron chi connectivity index (χ2n) is 8.23. The normalized spacial score (nSPS) is 16.4. The van der Waals surface area contributed by atoms with Crippen molar-refractivity contribution in [1.29, 1.82) is 0 Å². The zero-order chi connectivity index (χ0) is 23.1. The number of benzene rings is 2. The molecule has 1 aliphatic heterocycles. The first-order chi connectivity index (χ1) is 15.3. The SMILES string of the molecule is CCCCNC(=O)[C@H]1CCCN(C(=O)c2ccc(NS(=O)(=O)c3ccc(C)cc3)cc2)C1. The zero-order valence-electron chi connectivity index (χ0n) is 18.6. The Kier molecular flexibility index (Phi) is 7.90. The predicted molar refractivity (Wildman–Crippen MR) is 125 cm³/mol. The fourth-order valence-corrected chi connectivity index (χ4v) is 4.76. The average molecular weight is 458 g/mol. The third kappa shape index (κ3) is 6.09. The van der Waals surface area contributed by atoms with E-state index < -0.39 is 10.0 Å². The van der Waals surface area contributed by atoms with Gasteiger partial charge in [0, 0.05) is 30.9 Å². The van der Waals surface area contributed by atoms with Crippen molar-refractivity contribution >= 4 is 27.5 Å². The van der Waals surface area contributed by atoms with Crippen LogP contribution >= 0.6 is 0 Å². The second kappa shape index (κ2) is 10.6. The number of carbonyl (C=O) groups excluding carboxylic acids is 2. The van der Waals surface area contributed by atoms with Crippen molar-refractivity contribution in [3.63, 3.8) is 0 Å². The molecule has 0 bridgehead atoms. The highest BCUT2D eigenvalue weighted by Gasteiger charge is 2.28. The van der Waals surface area contributed by atoms with Gasteiger partial charge in [-0.1, -0.05) is 31.0 Å². The molecule has 1 heterocycles. The van der Waals surface area contributed by atoms with Crippen molar-refractivity contribution in [2.75, 3.05) is 24.4 Å². The number of piperidine rings is 1. The van der Waals surface area contributed by atoms with Crippen molar-refractivity contribution in [2.24, 2.45) is 5.92 Å². The topological polar surface area (TPSA) is 95.6 Å². The Labute approximate surface area is 190 Å². The van der Waals surface area contributed by atoms with E-state index in [2.05, 4.69) is 17.0 Å². The molecule has 1 aliphatic rings. The van der Waals surface area contributed by atoms with E-state index >= 15 is 0 Å². The number of carbonyl (C=O) groups is 2. The monoisotopic (exact) mass is 457 g/mol. The van der Waals surface area contributed by atoms with Gasteiger partial charge in [-0.2, -0.15) is 0 Å². The first kappa shape index (κ1) is 23.8. The Balaban J connectivity index is 1.62. The number of hydrogen-bond donors (Lipinski definition) is 2. The standard InChI is InChI=1S/C24H31N3O4S/c1-3-4-15-25-23(28)20-6-5-16-27(17-20)24(29)19-9-11-21(12-10-19)26-32(30,31)22-13-7-18(2)8-14-22/h7-14,20,26H,3-6,15-17H2,1-2H3,(H,25,28)/t20-/m0/s1. The Morgan fingerprint density at radius 3 is 2.41 bits per heavy atom. The maximum Gasteiger partial charge on any atom is 0.261 e. The summed E-state index contributed by atoms with van der Waals surface area (Å²) in [4.78, 5) is 27.2. The number of unbranched alkanes of at least 4 members (excludes halogenated alkanes) is 1. The number of nitrogens with zero attached hydrogens (tertiary/aromatic N) is 1. The summed E-state index contributed by atoms with van der Waals surface area (Å²) in [5.41, 5.74) is 1.83. The van der Waals surface area contributed by atoms with Crippen LogP contribution in [0.15, 0.2) is 53.4 Å². The van der Waals surface area contributed by atoms with E-state index in [1.165, 1.54) is 0 Å². The van der Waals surface area contributed by atoms with Crippen LogP contribution in [0.5, 0.6) is 0 Å². The molecule has 0 aliphatic carbocycles. The summed E-state index contributed by atoms with van der Waals surface area (Å²) in [6.07, 6.45) is 3.53. The molecule has 0 unspecified atom stereocenters. The van der Waals surface area contributed by atoms with Crippen LogP contribution in [0.4, 0.5) is 5.69 Å². The maximum absolute atomic E-state index is 12.9. The first-order valence-corrected chi connectivity index (χ1v) is 12.5. The van der Waals surface area contributed by atoms with Gasteiger partial charge in [-0.25, -0.2) is 8.42 Å². The van der Waals surface area contributed by atoms with Crippen LogP contribution in [-0.4, -0.2) is 44.8 Å². The van der Waals surface area contributed by atoms with Crippen molar-refractivity contribution in [1.82, 2.24) is 10.2 Å². The number of amides is 2. The summed E-state index contributed by atoms with van der Waals surface area (Å²) in [5, 5.41) is 2.96. The molecule has 1 saturated heterocycles. The summed E-state index contributed by atoms with van der Waals surface area (Å²) >= 11 is 0. The van der Waals surface area contributed by atoms with E-state index in [1.807, 2.05) is 6.92 Å². The minimum absolute atomic E-state index is 0.0109. The largest absolute Gasteiger partial charge is 0.356 e. The molecule has 1 atom stereocenters. The van der Waals surface area contributed by atoms with Crippen LogP contribution in [0, 0.1) is 12.8 Å². The highest BCUT2D eigenvalue weighted by Crippen LogP contribution is 2.21. The van der Waals surface area contributed by atoms with E-state index in [0.717, 1.165) is 31.2 Å². The van der Waals surface area contributed by atoms with Crippen LogP contribution < -0.4 is 10.0 Å². The van der Waals surface area contributed by atoms with E-state index in [0.29, 0.717) is 30.9 Å². The molecular weight excluding hydrogens is 426 g/mol. The number of aryl methyl sites for hydroxylation is 1. The van der Waals surface area contributed by atoms with E-state index in [1.54, 1.807) is 53.4 Å². The molecule has 2 aromatic rings. The Bertz CT molecular complexity index is 1030. The predicted octanol–water partition coefficient (Wildman–Crippen LogP) is 3.56. The lowest BCUT2D eigenvalue weighted by Crippen LogP contribution is -2.45. The highest BCUT2D eigenvalue weighted by atomic mass is 32.2. The number of hydrogen-bond acceptors (Lipinski definition) is 4. The van der Waals surface area contributed by atoms with E-state index in [4.69, 9.17) is 0 Å². The van der Waals surface area contributed by atoms with Gasteiger partial charge < -0.3 is 10.2 Å². The number of sulfonamides is 1. The zero-order valence-corrected chi connectivity index (χ0v) is 19.5. The van der Waals surface area contributed by atoms with Crippen molar-refractivity contribution in [2.45, 2.75) is 44.4 Å². The molecule has 0 spiro atoms. The molecule has 2 amide bonds. The van der Waals surface area contributed by atoms with E-state index in [9.17, 15) is 18.0 Å². The summed E-state index contributed by atoms with van der Waals surface area (Å²) in [6.45, 7) is 5.65. The van der Waals surface area contributed by atoms with Crippen LogP contribution in [0.3, 0.4) is 0 Å². The molecule has 1 fully saturated rings. The Hall–Kier alpha value is -2.87. The molecule has 2 aromatic carbocycles. The van der Waals surface area contributed by atoms with Crippen LogP contribution in [-0.2, 0) is 14.8 Å². The minimum atomic E-state index is -3.70. The van der Waals surface area contributed by atoms with Gasteiger partial charge in [0.05, 0.1) is 10.8 Å². The molecule has 0 aromatic heterocycles. The third-order valence-electron chi connectivity index (χ3n) is 5.62. The number of rotatable bonds is 8. The number of nitrogens with one attached hydrogen (secondary N) is 2. The van der Waals surface area contributed by atoms with Gasteiger partial charge in [0.2, 0.25) is 5.91 Å².